The second kappa shape index (κ2) is 56.9. The standard InChI is InChI=1S/C61H117NO5/c1-3-5-7-9-11-13-15-16-17-24-27-30-34-37-41-45-49-53-59(64)58(57-63)62-60(65)54-50-46-42-38-35-31-28-25-22-20-18-19-21-23-26-29-32-36-40-44-48-52-56-67-61(66)55-51-47-43-39-33-14-12-10-8-6-4-2/h20,22,49,53,58-59,63-64H,3-19,21,23-48,50-52,54-57H2,1-2H3,(H,62,65)/b22-20-,53-49+. The second-order valence-electron chi connectivity index (χ2n) is 20.7. The maximum Gasteiger partial charge on any atom is 0.305 e. The van der Waals surface area contributed by atoms with Crippen LogP contribution in [0, 0.1) is 0 Å². The Morgan fingerprint density at radius 3 is 1.06 bits per heavy atom. The van der Waals surface area contributed by atoms with E-state index in [0.717, 1.165) is 44.9 Å². The van der Waals surface area contributed by atoms with Crippen LogP contribution in [0.25, 0.3) is 0 Å². The van der Waals surface area contributed by atoms with Gasteiger partial charge in [-0.2, -0.15) is 0 Å². The highest BCUT2D eigenvalue weighted by atomic mass is 16.5. The lowest BCUT2D eigenvalue weighted by Crippen LogP contribution is -2.45. The fraction of sp³-hybridized carbons (Fsp3) is 0.902. The maximum absolute atomic E-state index is 12.5. The fourth-order valence-electron chi connectivity index (χ4n) is 9.34. The minimum atomic E-state index is -0.848. The monoisotopic (exact) mass is 944 g/mol. The lowest BCUT2D eigenvalue weighted by atomic mass is 10.0. The van der Waals surface area contributed by atoms with Crippen molar-refractivity contribution in [1.29, 1.82) is 0 Å². The Bertz CT molecular complexity index is 1040. The molecule has 6 heteroatoms. The summed E-state index contributed by atoms with van der Waals surface area (Å²) in [5.41, 5.74) is 0. The van der Waals surface area contributed by atoms with E-state index in [1.807, 2.05) is 6.08 Å². The van der Waals surface area contributed by atoms with Crippen molar-refractivity contribution in [3.8, 4) is 0 Å². The Morgan fingerprint density at radius 2 is 0.701 bits per heavy atom. The minimum absolute atomic E-state index is 0.00925. The van der Waals surface area contributed by atoms with Crippen LogP contribution in [-0.2, 0) is 14.3 Å². The van der Waals surface area contributed by atoms with E-state index < -0.39 is 12.1 Å². The number of hydrogen-bond donors (Lipinski definition) is 3. The molecule has 3 N–H and O–H groups in total. The van der Waals surface area contributed by atoms with Gasteiger partial charge < -0.3 is 20.3 Å². The highest BCUT2D eigenvalue weighted by Gasteiger charge is 2.18. The normalized spacial score (nSPS) is 12.7. The van der Waals surface area contributed by atoms with Gasteiger partial charge >= 0.3 is 5.97 Å². The van der Waals surface area contributed by atoms with Crippen LogP contribution in [0.15, 0.2) is 24.3 Å². The quantitative estimate of drug-likeness (QED) is 0.0321. The number of nitrogens with one attached hydrogen (secondary N) is 1. The Hall–Kier alpha value is -1.66. The molecule has 0 aromatic heterocycles. The molecule has 0 bridgehead atoms. The number of esters is 1. The zero-order valence-electron chi connectivity index (χ0n) is 45.1. The molecule has 0 saturated heterocycles. The third-order valence-corrected chi connectivity index (χ3v) is 14.0. The Labute approximate surface area is 418 Å². The van der Waals surface area contributed by atoms with Gasteiger partial charge in [-0.05, 0) is 57.8 Å². The largest absolute Gasteiger partial charge is 0.466 e. The first kappa shape index (κ1) is 65.3. The lowest BCUT2D eigenvalue weighted by molar-refractivity contribution is -0.143. The fourth-order valence-corrected chi connectivity index (χ4v) is 9.34. The van der Waals surface area contributed by atoms with E-state index in [0.29, 0.717) is 19.4 Å². The first-order valence-corrected chi connectivity index (χ1v) is 30.1. The molecule has 0 aliphatic carbocycles. The van der Waals surface area contributed by atoms with Gasteiger partial charge in [0.1, 0.15) is 0 Å². The van der Waals surface area contributed by atoms with Crippen LogP contribution in [0.3, 0.4) is 0 Å². The van der Waals surface area contributed by atoms with Crippen molar-refractivity contribution in [3.05, 3.63) is 24.3 Å². The van der Waals surface area contributed by atoms with Gasteiger partial charge in [0, 0.05) is 12.8 Å². The summed E-state index contributed by atoms with van der Waals surface area (Å²) in [4.78, 5) is 24.5. The van der Waals surface area contributed by atoms with E-state index in [-0.39, 0.29) is 18.5 Å². The molecule has 0 aliphatic rings. The zero-order chi connectivity index (χ0) is 48.6. The highest BCUT2D eigenvalue weighted by molar-refractivity contribution is 5.76. The molecule has 0 aliphatic heterocycles. The maximum atomic E-state index is 12.5. The number of hydrogen-bond acceptors (Lipinski definition) is 5. The van der Waals surface area contributed by atoms with Crippen LogP contribution in [0.1, 0.15) is 328 Å². The van der Waals surface area contributed by atoms with Crippen molar-refractivity contribution in [2.45, 2.75) is 341 Å². The van der Waals surface area contributed by atoms with Crippen molar-refractivity contribution >= 4 is 11.9 Å². The number of carbonyl (C=O) groups excluding carboxylic acids is 2. The number of carbonyl (C=O) groups is 2. The molecular formula is C61H117NO5. The first-order chi connectivity index (χ1) is 33.0. The minimum Gasteiger partial charge on any atom is -0.466 e. The van der Waals surface area contributed by atoms with Gasteiger partial charge in [0.05, 0.1) is 25.4 Å². The Morgan fingerprint density at radius 1 is 0.403 bits per heavy atom. The van der Waals surface area contributed by atoms with Crippen LogP contribution in [0.2, 0.25) is 0 Å². The molecule has 0 aromatic rings. The van der Waals surface area contributed by atoms with E-state index in [1.54, 1.807) is 6.08 Å². The highest BCUT2D eigenvalue weighted by Crippen LogP contribution is 2.17. The summed E-state index contributed by atoms with van der Waals surface area (Å²) in [5, 5.41) is 23.1. The molecule has 0 heterocycles. The van der Waals surface area contributed by atoms with Crippen molar-refractivity contribution in [1.82, 2.24) is 5.32 Å². The first-order valence-electron chi connectivity index (χ1n) is 30.1. The lowest BCUT2D eigenvalue weighted by Gasteiger charge is -2.20. The van der Waals surface area contributed by atoms with Crippen LogP contribution >= 0.6 is 0 Å². The molecule has 1 amide bonds. The molecule has 0 saturated carbocycles. The molecule has 6 nitrogen and oxygen atoms in total. The molecule has 67 heavy (non-hydrogen) atoms. The van der Waals surface area contributed by atoms with E-state index >= 15 is 0 Å². The van der Waals surface area contributed by atoms with Crippen molar-refractivity contribution < 1.29 is 24.5 Å². The summed E-state index contributed by atoms with van der Waals surface area (Å²) in [5.74, 6) is -0.0637. The summed E-state index contributed by atoms with van der Waals surface area (Å²) < 4.78 is 5.46. The number of aliphatic hydroxyl groups excluding tert-OH is 2. The van der Waals surface area contributed by atoms with E-state index in [4.69, 9.17) is 4.74 Å². The van der Waals surface area contributed by atoms with E-state index in [1.165, 1.54) is 257 Å². The van der Waals surface area contributed by atoms with Gasteiger partial charge in [0.2, 0.25) is 5.91 Å². The molecular weight excluding hydrogens is 827 g/mol. The number of unbranched alkanes of at least 4 members (excludes halogenated alkanes) is 43. The van der Waals surface area contributed by atoms with Gasteiger partial charge in [-0.15, -0.1) is 0 Å². The van der Waals surface area contributed by atoms with Crippen molar-refractivity contribution in [2.24, 2.45) is 0 Å². The molecule has 0 rings (SSSR count). The van der Waals surface area contributed by atoms with Gasteiger partial charge in [-0.1, -0.05) is 282 Å². The average molecular weight is 945 g/mol. The van der Waals surface area contributed by atoms with Crippen molar-refractivity contribution in [3.63, 3.8) is 0 Å². The van der Waals surface area contributed by atoms with Crippen LogP contribution in [0.5, 0.6) is 0 Å². The van der Waals surface area contributed by atoms with Crippen LogP contribution in [-0.4, -0.2) is 47.4 Å². The van der Waals surface area contributed by atoms with Gasteiger partial charge in [0.25, 0.3) is 0 Å². The third kappa shape index (κ3) is 53.5. The summed E-state index contributed by atoms with van der Waals surface area (Å²) in [6.45, 7) is 4.91. The zero-order valence-corrected chi connectivity index (χ0v) is 45.1. The van der Waals surface area contributed by atoms with E-state index in [9.17, 15) is 19.8 Å². The molecule has 0 spiro atoms. The van der Waals surface area contributed by atoms with Gasteiger partial charge in [-0.25, -0.2) is 0 Å². The average Bonchev–Trinajstić information content (AvgIpc) is 3.33. The van der Waals surface area contributed by atoms with Crippen LogP contribution in [0.4, 0.5) is 0 Å². The Kier molecular flexibility index (Phi) is 55.5. The number of rotatable bonds is 56. The summed E-state index contributed by atoms with van der Waals surface area (Å²) in [7, 11) is 0. The Balaban J connectivity index is 3.45. The topological polar surface area (TPSA) is 95.9 Å². The SMILES string of the molecule is CCCCCCCCCCCCCCCCC/C=C/C(O)C(CO)NC(=O)CCCCCCCCC/C=C\CCCCCCCCCCCCCOC(=O)CCCCCCCCCCCCC. The third-order valence-electron chi connectivity index (χ3n) is 14.0. The molecule has 0 fully saturated rings. The summed E-state index contributed by atoms with van der Waals surface area (Å²) >= 11 is 0. The predicted octanol–water partition coefficient (Wildman–Crippen LogP) is 18.6. The predicted molar refractivity (Wildman–Crippen MR) is 292 cm³/mol. The smallest absolute Gasteiger partial charge is 0.305 e. The molecule has 2 atom stereocenters. The van der Waals surface area contributed by atoms with Gasteiger partial charge in [0.15, 0.2) is 0 Å². The molecule has 396 valence electrons. The number of ether oxygens (including phenoxy) is 1. The van der Waals surface area contributed by atoms with E-state index in [2.05, 4.69) is 31.3 Å². The van der Waals surface area contributed by atoms with Gasteiger partial charge in [-0.3, -0.25) is 9.59 Å². The summed E-state index contributed by atoms with van der Waals surface area (Å²) in [6.07, 6.45) is 69.2. The number of amides is 1. The van der Waals surface area contributed by atoms with Crippen LogP contribution < -0.4 is 5.32 Å². The molecule has 0 radical (unpaired) electrons. The number of allylic oxidation sites excluding steroid dienone is 3. The van der Waals surface area contributed by atoms with Crippen molar-refractivity contribution in [2.75, 3.05) is 13.2 Å². The molecule has 0 aromatic carbocycles. The molecule has 2 unspecified atom stereocenters. The number of aliphatic hydroxyl groups is 2. The second-order valence-corrected chi connectivity index (χ2v) is 20.7. The summed E-state index contributed by atoms with van der Waals surface area (Å²) in [6, 6.07) is -0.632.